The number of benzene rings is 2. The molecular weight excluding hydrogens is 370 g/mol. The Morgan fingerprint density at radius 3 is 2.70 bits per heavy atom. The van der Waals surface area contributed by atoms with Gasteiger partial charge in [-0.25, -0.2) is 0 Å². The van der Waals surface area contributed by atoms with E-state index < -0.39 is 11.9 Å². The van der Waals surface area contributed by atoms with Crippen LogP contribution >= 0.6 is 11.6 Å². The van der Waals surface area contributed by atoms with E-state index in [0.717, 1.165) is 0 Å². The number of halogens is 1. The van der Waals surface area contributed by atoms with E-state index in [1.165, 1.54) is 12.0 Å². The van der Waals surface area contributed by atoms with Crippen molar-refractivity contribution in [2.24, 2.45) is 5.92 Å². The lowest BCUT2D eigenvalue weighted by Gasteiger charge is -2.17. The number of hydrogen-bond donors (Lipinski definition) is 0. The number of ether oxygens (including phenoxy) is 2. The van der Waals surface area contributed by atoms with Crippen LogP contribution in [0, 0.1) is 5.92 Å². The molecule has 27 heavy (non-hydrogen) atoms. The predicted molar refractivity (Wildman–Crippen MR) is 100 cm³/mol. The van der Waals surface area contributed by atoms with Crippen molar-refractivity contribution in [1.82, 2.24) is 0 Å². The van der Waals surface area contributed by atoms with Crippen molar-refractivity contribution in [3.8, 4) is 5.75 Å². The van der Waals surface area contributed by atoms with Gasteiger partial charge in [0.25, 0.3) is 0 Å². The molecule has 0 spiro atoms. The summed E-state index contributed by atoms with van der Waals surface area (Å²) in [6.45, 7) is -0.211. The van der Waals surface area contributed by atoms with Gasteiger partial charge in [0, 0.05) is 18.5 Å². The second-order valence-corrected chi connectivity index (χ2v) is 6.53. The zero-order valence-corrected chi connectivity index (χ0v) is 15.4. The van der Waals surface area contributed by atoms with Gasteiger partial charge in [-0.15, -0.1) is 0 Å². The summed E-state index contributed by atoms with van der Waals surface area (Å²) in [7, 11) is 1.51. The first-order valence-corrected chi connectivity index (χ1v) is 8.76. The molecule has 2 aromatic carbocycles. The van der Waals surface area contributed by atoms with Crippen LogP contribution in [-0.4, -0.2) is 37.9 Å². The zero-order valence-electron chi connectivity index (χ0n) is 14.7. The Labute approximate surface area is 161 Å². The largest absolute Gasteiger partial charge is 0.497 e. The molecule has 0 aliphatic carbocycles. The highest BCUT2D eigenvalue weighted by Crippen LogP contribution is 2.31. The Kier molecular flexibility index (Phi) is 5.76. The monoisotopic (exact) mass is 387 g/mol. The third kappa shape index (κ3) is 4.28. The summed E-state index contributed by atoms with van der Waals surface area (Å²) in [6.07, 6.45) is 0.0252. The SMILES string of the molecule is COc1cccc(C(=O)COC(=O)[C@@H]2CC(=O)N(c3ccccc3Cl)C2)c1. The molecule has 1 aliphatic heterocycles. The molecule has 3 rings (SSSR count). The van der Waals surface area contributed by atoms with Crippen molar-refractivity contribution in [3.63, 3.8) is 0 Å². The molecule has 1 amide bonds. The molecule has 0 radical (unpaired) electrons. The highest BCUT2D eigenvalue weighted by atomic mass is 35.5. The molecule has 7 heteroatoms. The fraction of sp³-hybridized carbons (Fsp3) is 0.250. The van der Waals surface area contributed by atoms with E-state index in [4.69, 9.17) is 21.1 Å². The van der Waals surface area contributed by atoms with Gasteiger partial charge in [-0.1, -0.05) is 35.9 Å². The second kappa shape index (κ2) is 8.22. The Hall–Kier alpha value is -2.86. The van der Waals surface area contributed by atoms with Crippen LogP contribution in [0.15, 0.2) is 48.5 Å². The number of amides is 1. The molecule has 1 fully saturated rings. The van der Waals surface area contributed by atoms with E-state index >= 15 is 0 Å². The van der Waals surface area contributed by atoms with Crippen molar-refractivity contribution in [2.45, 2.75) is 6.42 Å². The fourth-order valence-electron chi connectivity index (χ4n) is 2.90. The quantitative estimate of drug-likeness (QED) is 0.562. The van der Waals surface area contributed by atoms with Gasteiger partial charge in [-0.05, 0) is 24.3 Å². The summed E-state index contributed by atoms with van der Waals surface area (Å²) < 4.78 is 10.2. The van der Waals surface area contributed by atoms with E-state index in [-0.39, 0.29) is 31.3 Å². The van der Waals surface area contributed by atoms with Crippen LogP contribution in [-0.2, 0) is 14.3 Å². The van der Waals surface area contributed by atoms with Crippen molar-refractivity contribution in [2.75, 3.05) is 25.2 Å². The summed E-state index contributed by atoms with van der Waals surface area (Å²) in [5, 5.41) is 0.438. The second-order valence-electron chi connectivity index (χ2n) is 6.12. The maximum absolute atomic E-state index is 12.3. The molecule has 140 valence electrons. The summed E-state index contributed by atoms with van der Waals surface area (Å²) in [4.78, 5) is 38.2. The Bertz CT molecular complexity index is 882. The number of methoxy groups -OCH3 is 1. The van der Waals surface area contributed by atoms with Gasteiger partial charge in [0.15, 0.2) is 12.4 Å². The van der Waals surface area contributed by atoms with Crippen LogP contribution in [0.1, 0.15) is 16.8 Å². The molecule has 6 nitrogen and oxygen atoms in total. The third-order valence-corrected chi connectivity index (χ3v) is 4.66. The highest BCUT2D eigenvalue weighted by Gasteiger charge is 2.37. The Morgan fingerprint density at radius 1 is 1.19 bits per heavy atom. The first-order valence-electron chi connectivity index (χ1n) is 8.38. The molecule has 0 N–H and O–H groups in total. The number of carbonyl (C=O) groups is 3. The minimum atomic E-state index is -0.633. The van der Waals surface area contributed by atoms with Gasteiger partial charge in [0.1, 0.15) is 5.75 Å². The van der Waals surface area contributed by atoms with E-state index in [0.29, 0.717) is 22.0 Å². The molecule has 1 saturated heterocycles. The highest BCUT2D eigenvalue weighted by molar-refractivity contribution is 6.33. The standard InChI is InChI=1S/C20H18ClNO5/c1-26-15-6-4-5-13(9-15)18(23)12-27-20(25)14-10-19(24)22(11-14)17-8-3-2-7-16(17)21/h2-9,14H,10-12H2,1H3/t14-/m1/s1. The summed E-state index contributed by atoms with van der Waals surface area (Å²) >= 11 is 6.13. The fourth-order valence-corrected chi connectivity index (χ4v) is 3.14. The van der Waals surface area contributed by atoms with Crippen molar-refractivity contribution in [3.05, 3.63) is 59.1 Å². The molecule has 1 heterocycles. The molecule has 0 unspecified atom stereocenters. The van der Waals surface area contributed by atoms with E-state index in [1.54, 1.807) is 48.5 Å². The number of esters is 1. The number of rotatable bonds is 6. The predicted octanol–water partition coefficient (Wildman–Crippen LogP) is 3.13. The lowest BCUT2D eigenvalue weighted by molar-refractivity contribution is -0.147. The number of carbonyl (C=O) groups excluding carboxylic acids is 3. The topological polar surface area (TPSA) is 72.9 Å². The third-order valence-electron chi connectivity index (χ3n) is 4.34. The van der Waals surface area contributed by atoms with Crippen LogP contribution in [0.4, 0.5) is 5.69 Å². The van der Waals surface area contributed by atoms with Gasteiger partial charge < -0.3 is 14.4 Å². The first-order chi connectivity index (χ1) is 13.0. The zero-order chi connectivity index (χ0) is 19.4. The van der Waals surface area contributed by atoms with Gasteiger partial charge in [-0.2, -0.15) is 0 Å². The van der Waals surface area contributed by atoms with Gasteiger partial charge in [-0.3, -0.25) is 14.4 Å². The van der Waals surface area contributed by atoms with Crippen LogP contribution in [0.2, 0.25) is 5.02 Å². The molecule has 1 aliphatic rings. The lowest BCUT2D eigenvalue weighted by atomic mass is 10.1. The van der Waals surface area contributed by atoms with E-state index in [2.05, 4.69) is 0 Å². The number of nitrogens with zero attached hydrogens (tertiary/aromatic N) is 1. The Morgan fingerprint density at radius 2 is 1.96 bits per heavy atom. The van der Waals surface area contributed by atoms with Crippen LogP contribution in [0.3, 0.4) is 0 Å². The van der Waals surface area contributed by atoms with E-state index in [1.807, 2.05) is 0 Å². The molecule has 0 saturated carbocycles. The molecule has 2 aromatic rings. The van der Waals surface area contributed by atoms with Crippen molar-refractivity contribution in [1.29, 1.82) is 0 Å². The molecular formula is C20H18ClNO5. The van der Waals surface area contributed by atoms with Gasteiger partial charge in [0.2, 0.25) is 5.91 Å². The van der Waals surface area contributed by atoms with Crippen molar-refractivity contribution >= 4 is 34.9 Å². The maximum atomic E-state index is 12.3. The summed E-state index contributed by atoms with van der Waals surface area (Å²) in [6, 6.07) is 13.5. The summed E-state index contributed by atoms with van der Waals surface area (Å²) in [5.41, 5.74) is 0.953. The minimum Gasteiger partial charge on any atom is -0.497 e. The summed E-state index contributed by atoms with van der Waals surface area (Å²) in [5.74, 6) is -1.20. The number of Topliss-reactive ketones (excluding diaryl/α,β-unsaturated/α-hetero) is 1. The van der Waals surface area contributed by atoms with Crippen LogP contribution < -0.4 is 9.64 Å². The number of ketones is 1. The average Bonchev–Trinajstić information content (AvgIpc) is 3.07. The van der Waals surface area contributed by atoms with Gasteiger partial charge in [0.05, 0.1) is 23.7 Å². The van der Waals surface area contributed by atoms with Crippen LogP contribution in [0.25, 0.3) is 0 Å². The van der Waals surface area contributed by atoms with Crippen molar-refractivity contribution < 1.29 is 23.9 Å². The molecule has 1 atom stereocenters. The minimum absolute atomic E-state index is 0.0252. The molecule has 0 aromatic heterocycles. The average molecular weight is 388 g/mol. The number of hydrogen-bond acceptors (Lipinski definition) is 5. The van der Waals surface area contributed by atoms with E-state index in [9.17, 15) is 14.4 Å². The molecule has 0 bridgehead atoms. The maximum Gasteiger partial charge on any atom is 0.311 e. The first kappa shape index (κ1) is 18.9. The van der Waals surface area contributed by atoms with Crippen LogP contribution in [0.5, 0.6) is 5.75 Å². The normalized spacial score (nSPS) is 16.3. The lowest BCUT2D eigenvalue weighted by Crippen LogP contribution is -2.27. The Balaban J connectivity index is 1.59. The smallest absolute Gasteiger partial charge is 0.311 e. The number of anilines is 1. The van der Waals surface area contributed by atoms with Gasteiger partial charge >= 0.3 is 5.97 Å². The number of para-hydroxylation sites is 1.